The molecule has 2 saturated heterocycles. The van der Waals surface area contributed by atoms with E-state index in [1.807, 2.05) is 6.07 Å². The standard InChI is InChI=1S/C33H45FN6O3/c1-4-30(41)40-19-18-38(21-23(40)13-16-35)31-26-12-15-33(14-11-25-27(34)9-6-10-29(25)43-33)20-28(26)39(5-2)32(36-31)42-22-24-8-7-17-37(24)3/h4,6,9-10,23-24,26,28,32H,1,5,7-8,11-15,17-22H2,2-3H3/t23?,24?,26?,28?,32?,33-/m1/s1. The van der Waals surface area contributed by atoms with Crippen molar-refractivity contribution in [2.24, 2.45) is 10.9 Å². The first kappa shape index (κ1) is 30.0. The predicted molar refractivity (Wildman–Crippen MR) is 162 cm³/mol. The van der Waals surface area contributed by atoms with Crippen molar-refractivity contribution in [1.82, 2.24) is 19.6 Å². The smallest absolute Gasteiger partial charge is 0.246 e. The van der Waals surface area contributed by atoms with Crippen LogP contribution in [0, 0.1) is 23.1 Å². The first-order valence-corrected chi connectivity index (χ1v) is 16.0. The van der Waals surface area contributed by atoms with Gasteiger partial charge in [-0.15, -0.1) is 0 Å². The van der Waals surface area contributed by atoms with Crippen LogP contribution in [-0.2, 0) is 16.0 Å². The van der Waals surface area contributed by atoms with Crippen LogP contribution < -0.4 is 4.74 Å². The van der Waals surface area contributed by atoms with Crippen LogP contribution in [0.15, 0.2) is 35.8 Å². The highest BCUT2D eigenvalue weighted by Crippen LogP contribution is 2.47. The minimum atomic E-state index is -0.416. The van der Waals surface area contributed by atoms with Crippen LogP contribution >= 0.6 is 0 Å². The molecule has 6 rings (SSSR count). The highest BCUT2D eigenvalue weighted by molar-refractivity contribution is 5.89. The summed E-state index contributed by atoms with van der Waals surface area (Å²) in [5.74, 6) is 1.58. The van der Waals surface area contributed by atoms with Gasteiger partial charge in [-0.25, -0.2) is 9.38 Å². The lowest BCUT2D eigenvalue weighted by Crippen LogP contribution is -2.65. The molecule has 232 valence electrons. The summed E-state index contributed by atoms with van der Waals surface area (Å²) in [6, 6.07) is 7.75. The molecular formula is C33H45FN6O3. The number of nitrogens with zero attached hydrogens (tertiary/aromatic N) is 6. The Labute approximate surface area is 254 Å². The van der Waals surface area contributed by atoms with Crippen LogP contribution in [0.25, 0.3) is 0 Å². The predicted octanol–water partition coefficient (Wildman–Crippen LogP) is 3.80. The topological polar surface area (TPSA) is 84.6 Å². The van der Waals surface area contributed by atoms with Crippen molar-refractivity contribution in [2.45, 2.75) is 88.4 Å². The Morgan fingerprint density at radius 3 is 2.88 bits per heavy atom. The van der Waals surface area contributed by atoms with Gasteiger partial charge in [0, 0.05) is 49.6 Å². The van der Waals surface area contributed by atoms with Crippen molar-refractivity contribution in [3.8, 4) is 11.8 Å². The number of aliphatic imine (C=N–C) groups is 1. The summed E-state index contributed by atoms with van der Waals surface area (Å²) in [7, 11) is 2.16. The van der Waals surface area contributed by atoms with Gasteiger partial charge in [0.1, 0.15) is 23.0 Å². The van der Waals surface area contributed by atoms with E-state index in [2.05, 4.69) is 41.3 Å². The molecule has 9 nitrogen and oxygen atoms in total. The maximum atomic E-state index is 14.6. The zero-order valence-corrected chi connectivity index (χ0v) is 25.6. The zero-order valence-electron chi connectivity index (χ0n) is 25.6. The molecular weight excluding hydrogens is 547 g/mol. The molecule has 1 aromatic rings. The number of hydrogen-bond donors (Lipinski definition) is 0. The average Bonchev–Trinajstić information content (AvgIpc) is 3.43. The van der Waals surface area contributed by atoms with Gasteiger partial charge in [-0.3, -0.25) is 9.69 Å². The number of hydrogen-bond acceptors (Lipinski definition) is 8. The molecule has 3 fully saturated rings. The van der Waals surface area contributed by atoms with E-state index in [0.29, 0.717) is 50.0 Å². The minimum Gasteiger partial charge on any atom is -0.487 e. The molecule has 1 saturated carbocycles. The fourth-order valence-corrected chi connectivity index (χ4v) is 8.14. The van der Waals surface area contributed by atoms with E-state index < -0.39 is 6.35 Å². The molecule has 0 bridgehead atoms. The van der Waals surface area contributed by atoms with Gasteiger partial charge in [-0.2, -0.15) is 5.26 Å². The first-order valence-electron chi connectivity index (χ1n) is 16.0. The third-order valence-corrected chi connectivity index (χ3v) is 10.5. The molecule has 10 heteroatoms. The lowest BCUT2D eigenvalue weighted by Gasteiger charge is -2.55. The minimum absolute atomic E-state index is 0.131. The number of carbonyl (C=O) groups is 1. The molecule has 4 aliphatic heterocycles. The van der Waals surface area contributed by atoms with Crippen molar-refractivity contribution in [2.75, 3.05) is 46.4 Å². The highest BCUT2D eigenvalue weighted by atomic mass is 19.1. The molecule has 5 aliphatic rings. The van der Waals surface area contributed by atoms with Gasteiger partial charge in [0.05, 0.1) is 25.1 Å². The maximum Gasteiger partial charge on any atom is 0.246 e. The number of amides is 1. The second-order valence-corrected chi connectivity index (χ2v) is 12.9. The number of rotatable bonds is 6. The maximum absolute atomic E-state index is 14.6. The number of benzene rings is 1. The van der Waals surface area contributed by atoms with Crippen LogP contribution in [0.1, 0.15) is 57.4 Å². The Morgan fingerprint density at radius 1 is 1.28 bits per heavy atom. The van der Waals surface area contributed by atoms with Gasteiger partial charge in [0.15, 0.2) is 0 Å². The van der Waals surface area contributed by atoms with Crippen LogP contribution in [0.5, 0.6) is 5.75 Å². The lowest BCUT2D eigenvalue weighted by atomic mass is 9.70. The summed E-state index contributed by atoms with van der Waals surface area (Å²) < 4.78 is 27.9. The Bertz CT molecular complexity index is 1280. The molecule has 0 radical (unpaired) electrons. The number of amidine groups is 1. The van der Waals surface area contributed by atoms with Gasteiger partial charge in [0.25, 0.3) is 0 Å². The summed E-state index contributed by atoms with van der Waals surface area (Å²) in [4.78, 5) is 26.8. The number of likely N-dealkylation sites (tertiary alicyclic amines) is 1. The first-order chi connectivity index (χ1) is 20.9. The van der Waals surface area contributed by atoms with Crippen LogP contribution in [0.4, 0.5) is 4.39 Å². The number of piperazine rings is 1. The van der Waals surface area contributed by atoms with Crippen LogP contribution in [0.3, 0.4) is 0 Å². The van der Waals surface area contributed by atoms with Crippen molar-refractivity contribution in [1.29, 1.82) is 5.26 Å². The summed E-state index contributed by atoms with van der Waals surface area (Å²) >= 11 is 0. The zero-order chi connectivity index (χ0) is 30.1. The number of nitriles is 1. The molecule has 1 spiro atoms. The molecule has 6 atom stereocenters. The van der Waals surface area contributed by atoms with Crippen LogP contribution in [0.2, 0.25) is 0 Å². The van der Waals surface area contributed by atoms with Gasteiger partial charge in [0.2, 0.25) is 12.3 Å². The summed E-state index contributed by atoms with van der Waals surface area (Å²) in [6.45, 7) is 10.1. The van der Waals surface area contributed by atoms with E-state index in [1.165, 1.54) is 18.6 Å². The normalized spacial score (nSPS) is 32.9. The number of ether oxygens (including phenoxy) is 2. The van der Waals surface area contributed by atoms with Gasteiger partial charge in [-0.05, 0) is 76.9 Å². The monoisotopic (exact) mass is 592 g/mol. The van der Waals surface area contributed by atoms with Gasteiger partial charge in [-0.1, -0.05) is 19.6 Å². The Hall–Kier alpha value is -3.00. The summed E-state index contributed by atoms with van der Waals surface area (Å²) in [6.07, 6.45) is 7.55. The Balaban J connectivity index is 1.29. The van der Waals surface area contributed by atoms with Crippen molar-refractivity contribution in [3.63, 3.8) is 0 Å². The van der Waals surface area contributed by atoms with E-state index in [0.717, 1.165) is 51.0 Å². The fourth-order valence-electron chi connectivity index (χ4n) is 8.14. The molecule has 5 unspecified atom stereocenters. The molecule has 1 aliphatic carbocycles. The highest BCUT2D eigenvalue weighted by Gasteiger charge is 2.52. The van der Waals surface area contributed by atoms with Gasteiger partial charge < -0.3 is 24.2 Å². The lowest BCUT2D eigenvalue weighted by molar-refractivity contribution is -0.131. The molecule has 43 heavy (non-hydrogen) atoms. The summed E-state index contributed by atoms with van der Waals surface area (Å²) in [5.41, 5.74) is 0.331. The third-order valence-electron chi connectivity index (χ3n) is 10.5. The number of likely N-dealkylation sites (N-methyl/N-ethyl adjacent to an activating group) is 1. The van der Waals surface area contributed by atoms with E-state index in [1.54, 1.807) is 11.0 Å². The Kier molecular flexibility index (Phi) is 8.77. The quantitative estimate of drug-likeness (QED) is 0.465. The molecule has 0 N–H and O–H groups in total. The fraction of sp³-hybridized carbons (Fsp3) is 0.667. The van der Waals surface area contributed by atoms with Crippen molar-refractivity contribution >= 4 is 11.7 Å². The second kappa shape index (κ2) is 12.5. The number of fused-ring (bicyclic) bond motifs is 2. The molecule has 1 aromatic carbocycles. The van der Waals surface area contributed by atoms with Crippen molar-refractivity contribution in [3.05, 3.63) is 42.2 Å². The van der Waals surface area contributed by atoms with E-state index in [4.69, 9.17) is 14.5 Å². The average molecular weight is 593 g/mol. The van der Waals surface area contributed by atoms with E-state index in [9.17, 15) is 14.4 Å². The second-order valence-electron chi connectivity index (χ2n) is 12.9. The Morgan fingerprint density at radius 2 is 2.14 bits per heavy atom. The largest absolute Gasteiger partial charge is 0.487 e. The molecule has 4 heterocycles. The van der Waals surface area contributed by atoms with Crippen LogP contribution in [-0.4, -0.2) is 108 Å². The number of halogens is 1. The van der Waals surface area contributed by atoms with Gasteiger partial charge >= 0.3 is 0 Å². The summed E-state index contributed by atoms with van der Waals surface area (Å²) in [5, 5.41) is 9.58. The van der Waals surface area contributed by atoms with E-state index in [-0.39, 0.29) is 41.7 Å². The SMILES string of the molecule is C=CC(=O)N1CCN(C2=NC(OCC3CCCN3C)N(CC)C3C[C@@]4(CCc5c(F)cccc5O4)CCC23)CC1CC#N. The molecule has 0 aromatic heterocycles. The van der Waals surface area contributed by atoms with E-state index >= 15 is 0 Å². The molecule has 1 amide bonds. The van der Waals surface area contributed by atoms with Crippen molar-refractivity contribution < 1.29 is 18.7 Å². The number of carbonyl (C=O) groups excluding carboxylic acids is 1. The third kappa shape index (κ3) is 5.79.